The van der Waals surface area contributed by atoms with Crippen molar-refractivity contribution in [2.75, 3.05) is 5.32 Å². The summed E-state index contributed by atoms with van der Waals surface area (Å²) in [5.74, 6) is -0.0261. The molecule has 0 bridgehead atoms. The van der Waals surface area contributed by atoms with E-state index in [1.165, 1.54) is 0 Å². The zero-order chi connectivity index (χ0) is 12.3. The number of quaternary nitrogens is 1. The van der Waals surface area contributed by atoms with Gasteiger partial charge in [0.05, 0.1) is 0 Å². The number of anilines is 1. The molecule has 1 amide bonds. The van der Waals surface area contributed by atoms with Crippen molar-refractivity contribution >= 4 is 11.6 Å². The number of carbonyl (C=O) groups excluding carboxylic acids is 1. The van der Waals surface area contributed by atoms with E-state index < -0.39 is 0 Å². The lowest BCUT2D eigenvalue weighted by molar-refractivity contribution is -0.424. The minimum absolute atomic E-state index is 0.0261. The first kappa shape index (κ1) is 12.7. The number of hydrogen-bond acceptors (Lipinski definition) is 1. The first-order chi connectivity index (χ1) is 7.32. The Hall–Kier alpha value is -1.35. The number of rotatable bonds is 2. The van der Waals surface area contributed by atoms with Crippen LogP contribution >= 0.6 is 0 Å². The molecule has 0 heterocycles. The molecule has 1 rings (SSSR count). The van der Waals surface area contributed by atoms with E-state index in [9.17, 15) is 4.79 Å². The van der Waals surface area contributed by atoms with Gasteiger partial charge >= 0.3 is 0 Å². The molecule has 1 unspecified atom stereocenters. The molecule has 0 aliphatic rings. The topological polar surface area (TPSA) is 56.7 Å². The van der Waals surface area contributed by atoms with Crippen LogP contribution in [0, 0.1) is 12.3 Å². The highest BCUT2D eigenvalue weighted by atomic mass is 16.2. The first-order valence-electron chi connectivity index (χ1n) is 5.52. The molecule has 4 N–H and O–H groups in total. The molecule has 0 aliphatic heterocycles. The Morgan fingerprint density at radius 3 is 2.38 bits per heavy atom. The first-order valence-corrected chi connectivity index (χ1v) is 5.52. The van der Waals surface area contributed by atoms with Gasteiger partial charge in [-0.3, -0.25) is 4.79 Å². The summed E-state index contributed by atoms with van der Waals surface area (Å²) < 4.78 is 0. The fourth-order valence-electron chi connectivity index (χ4n) is 1.33. The standard InChI is InChI=1S/C13H20N2O/c1-9-7-5-6-8-10(9)15-12(16)11(14)13(2,3)4/h5-8,11H,14H2,1-4H3,(H,15,16)/p+1. The van der Waals surface area contributed by atoms with Crippen molar-refractivity contribution in [1.29, 1.82) is 0 Å². The van der Waals surface area contributed by atoms with E-state index in [2.05, 4.69) is 11.1 Å². The Morgan fingerprint density at radius 1 is 1.31 bits per heavy atom. The third kappa shape index (κ3) is 3.07. The number of amides is 1. The monoisotopic (exact) mass is 221 g/mol. The second kappa shape index (κ2) is 4.66. The zero-order valence-corrected chi connectivity index (χ0v) is 10.5. The minimum atomic E-state index is -0.257. The Balaban J connectivity index is 2.76. The van der Waals surface area contributed by atoms with E-state index >= 15 is 0 Å². The van der Waals surface area contributed by atoms with Crippen LogP contribution in [0.1, 0.15) is 26.3 Å². The summed E-state index contributed by atoms with van der Waals surface area (Å²) >= 11 is 0. The molecule has 16 heavy (non-hydrogen) atoms. The van der Waals surface area contributed by atoms with Crippen LogP contribution in [0.3, 0.4) is 0 Å². The summed E-state index contributed by atoms with van der Waals surface area (Å²) in [6, 6.07) is 7.49. The van der Waals surface area contributed by atoms with Crippen LogP contribution in [-0.4, -0.2) is 11.9 Å². The summed E-state index contributed by atoms with van der Waals surface area (Å²) in [5.41, 5.74) is 5.74. The molecule has 0 radical (unpaired) electrons. The normalized spacial score (nSPS) is 13.3. The quantitative estimate of drug-likeness (QED) is 0.783. The molecule has 0 fully saturated rings. The third-order valence-electron chi connectivity index (χ3n) is 2.76. The van der Waals surface area contributed by atoms with Crippen molar-refractivity contribution in [1.82, 2.24) is 0 Å². The van der Waals surface area contributed by atoms with E-state index in [0.717, 1.165) is 11.3 Å². The number of hydrogen-bond donors (Lipinski definition) is 2. The highest BCUT2D eigenvalue weighted by Crippen LogP contribution is 2.19. The molecular weight excluding hydrogens is 200 g/mol. The maximum Gasteiger partial charge on any atom is 0.283 e. The van der Waals surface area contributed by atoms with Gasteiger partial charge in [0.2, 0.25) is 0 Å². The molecule has 0 saturated carbocycles. The average Bonchev–Trinajstić information content (AvgIpc) is 2.19. The van der Waals surface area contributed by atoms with Gasteiger partial charge in [0.1, 0.15) is 0 Å². The van der Waals surface area contributed by atoms with E-state index in [-0.39, 0.29) is 17.4 Å². The fourth-order valence-corrected chi connectivity index (χ4v) is 1.33. The maximum atomic E-state index is 11.9. The van der Waals surface area contributed by atoms with Gasteiger partial charge in [-0.2, -0.15) is 0 Å². The van der Waals surface area contributed by atoms with Gasteiger partial charge in [0.15, 0.2) is 6.04 Å². The SMILES string of the molecule is Cc1ccccc1NC(=O)C([NH3+])C(C)(C)C. The third-order valence-corrected chi connectivity index (χ3v) is 2.76. The van der Waals surface area contributed by atoms with Crippen molar-refractivity contribution in [3.63, 3.8) is 0 Å². The molecule has 3 heteroatoms. The average molecular weight is 221 g/mol. The molecular formula is C13H21N2O+. The Bertz CT molecular complexity index is 380. The number of para-hydroxylation sites is 1. The van der Waals surface area contributed by atoms with Crippen molar-refractivity contribution in [3.05, 3.63) is 29.8 Å². The molecule has 3 nitrogen and oxygen atoms in total. The van der Waals surface area contributed by atoms with E-state index in [4.69, 9.17) is 0 Å². The Kier molecular flexibility index (Phi) is 3.70. The predicted molar refractivity (Wildman–Crippen MR) is 65.9 cm³/mol. The van der Waals surface area contributed by atoms with E-state index in [0.29, 0.717) is 0 Å². The van der Waals surface area contributed by atoms with Gasteiger partial charge in [-0.1, -0.05) is 39.0 Å². The highest BCUT2D eigenvalue weighted by molar-refractivity contribution is 5.94. The molecule has 0 aliphatic carbocycles. The highest BCUT2D eigenvalue weighted by Gasteiger charge is 2.31. The van der Waals surface area contributed by atoms with Gasteiger partial charge in [-0.15, -0.1) is 0 Å². The zero-order valence-electron chi connectivity index (χ0n) is 10.5. The van der Waals surface area contributed by atoms with Crippen LogP contribution in [0.4, 0.5) is 5.69 Å². The molecule has 88 valence electrons. The molecule has 1 aromatic rings. The van der Waals surface area contributed by atoms with Crippen LogP contribution in [-0.2, 0) is 4.79 Å². The summed E-state index contributed by atoms with van der Waals surface area (Å²) in [6.45, 7) is 8.02. The summed E-state index contributed by atoms with van der Waals surface area (Å²) in [5, 5.41) is 2.92. The van der Waals surface area contributed by atoms with Gasteiger partial charge < -0.3 is 11.1 Å². The second-order valence-corrected chi connectivity index (χ2v) is 5.22. The van der Waals surface area contributed by atoms with Crippen LogP contribution in [0.2, 0.25) is 0 Å². The van der Waals surface area contributed by atoms with Crippen LogP contribution in [0.25, 0.3) is 0 Å². The van der Waals surface area contributed by atoms with Gasteiger partial charge in [0, 0.05) is 11.1 Å². The van der Waals surface area contributed by atoms with Crippen molar-refractivity contribution in [3.8, 4) is 0 Å². The smallest absolute Gasteiger partial charge is 0.283 e. The second-order valence-electron chi connectivity index (χ2n) is 5.22. The molecule has 0 saturated heterocycles. The molecule has 1 aromatic carbocycles. The predicted octanol–water partition coefficient (Wildman–Crippen LogP) is 1.59. The number of benzene rings is 1. The van der Waals surface area contributed by atoms with Gasteiger partial charge in [0.25, 0.3) is 5.91 Å². The van der Waals surface area contributed by atoms with E-state index in [1.54, 1.807) is 0 Å². The molecule has 0 spiro atoms. The van der Waals surface area contributed by atoms with Crippen LogP contribution in [0.5, 0.6) is 0 Å². The van der Waals surface area contributed by atoms with Gasteiger partial charge in [-0.25, -0.2) is 0 Å². The molecule has 0 aromatic heterocycles. The van der Waals surface area contributed by atoms with E-state index in [1.807, 2.05) is 52.0 Å². The minimum Gasteiger partial charge on any atom is -0.347 e. The van der Waals surface area contributed by atoms with Crippen molar-refractivity contribution in [2.45, 2.75) is 33.7 Å². The van der Waals surface area contributed by atoms with Crippen LogP contribution in [0.15, 0.2) is 24.3 Å². The lowest BCUT2D eigenvalue weighted by Gasteiger charge is -2.22. The number of carbonyl (C=O) groups is 1. The fraction of sp³-hybridized carbons (Fsp3) is 0.462. The Labute approximate surface area is 97.0 Å². The summed E-state index contributed by atoms with van der Waals surface area (Å²) in [7, 11) is 0. The number of nitrogens with one attached hydrogen (secondary N) is 1. The summed E-state index contributed by atoms with van der Waals surface area (Å²) in [4.78, 5) is 11.9. The largest absolute Gasteiger partial charge is 0.347 e. The lowest BCUT2D eigenvalue weighted by Crippen LogP contribution is -2.71. The van der Waals surface area contributed by atoms with Crippen molar-refractivity contribution in [2.24, 2.45) is 5.41 Å². The maximum absolute atomic E-state index is 11.9. The molecule has 1 atom stereocenters. The van der Waals surface area contributed by atoms with Crippen molar-refractivity contribution < 1.29 is 10.5 Å². The van der Waals surface area contributed by atoms with Gasteiger partial charge in [-0.05, 0) is 18.6 Å². The lowest BCUT2D eigenvalue weighted by atomic mass is 9.87. The summed E-state index contributed by atoms with van der Waals surface area (Å²) in [6.07, 6.45) is 0. The Morgan fingerprint density at radius 2 is 1.88 bits per heavy atom. The van der Waals surface area contributed by atoms with Crippen LogP contribution < -0.4 is 11.1 Å². The number of aryl methyl sites for hydroxylation is 1.